The lowest BCUT2D eigenvalue weighted by molar-refractivity contribution is -0.156. The Labute approximate surface area is 121 Å². The number of hydrogen-bond donors (Lipinski definition) is 1. The molecule has 1 N–H and O–H groups in total. The van der Waals surface area contributed by atoms with Gasteiger partial charge in [0, 0.05) is 16.9 Å². The van der Waals surface area contributed by atoms with E-state index in [0.29, 0.717) is 12.0 Å². The number of carbonyl (C=O) groups excluding carboxylic acids is 1. The molecule has 1 heterocycles. The molecule has 0 spiro atoms. The Hall–Kier alpha value is -0.570. The van der Waals surface area contributed by atoms with Crippen LogP contribution in [0, 0.1) is 16.7 Å². The molecule has 3 heteroatoms. The van der Waals surface area contributed by atoms with Crippen molar-refractivity contribution in [1.29, 1.82) is 0 Å². The van der Waals surface area contributed by atoms with Crippen LogP contribution in [0.2, 0.25) is 0 Å². The van der Waals surface area contributed by atoms with Crippen LogP contribution in [0.15, 0.2) is 0 Å². The van der Waals surface area contributed by atoms with Gasteiger partial charge in [0.2, 0.25) is 0 Å². The van der Waals surface area contributed by atoms with Crippen LogP contribution in [0.4, 0.5) is 0 Å². The molecule has 2 unspecified atom stereocenters. The molecular weight excluding hydrogens is 250 g/mol. The highest BCUT2D eigenvalue weighted by molar-refractivity contribution is 5.88. The molecule has 4 fully saturated rings. The van der Waals surface area contributed by atoms with Gasteiger partial charge in [0.05, 0.1) is 6.61 Å². The van der Waals surface area contributed by atoms with Gasteiger partial charge in [0.25, 0.3) is 5.91 Å². The number of rotatable bonds is 2. The Morgan fingerprint density at radius 3 is 2.55 bits per heavy atom. The van der Waals surface area contributed by atoms with Crippen LogP contribution in [-0.4, -0.2) is 24.2 Å². The van der Waals surface area contributed by atoms with Crippen LogP contribution in [0.1, 0.15) is 65.2 Å². The zero-order valence-corrected chi connectivity index (χ0v) is 12.8. The topological polar surface area (TPSA) is 38.3 Å². The maximum atomic E-state index is 13.0. The van der Waals surface area contributed by atoms with Crippen molar-refractivity contribution in [3.05, 3.63) is 0 Å². The first kappa shape index (κ1) is 13.1. The fourth-order valence-electron chi connectivity index (χ4n) is 5.81. The van der Waals surface area contributed by atoms with E-state index in [1.807, 2.05) is 0 Å². The summed E-state index contributed by atoms with van der Waals surface area (Å²) in [4.78, 5) is 13.0. The lowest BCUT2D eigenvalue weighted by Gasteiger charge is -2.41. The third-order valence-electron chi connectivity index (χ3n) is 7.51. The van der Waals surface area contributed by atoms with E-state index in [0.717, 1.165) is 32.3 Å². The average Bonchev–Trinajstić information content (AvgIpc) is 2.92. The van der Waals surface area contributed by atoms with Crippen molar-refractivity contribution < 1.29 is 9.53 Å². The van der Waals surface area contributed by atoms with Gasteiger partial charge in [0.15, 0.2) is 5.60 Å². The van der Waals surface area contributed by atoms with Crippen LogP contribution < -0.4 is 5.32 Å². The quantitative estimate of drug-likeness (QED) is 0.842. The smallest absolute Gasteiger partial charge is 0.253 e. The minimum atomic E-state index is -0.512. The third-order valence-corrected chi connectivity index (χ3v) is 7.51. The van der Waals surface area contributed by atoms with Crippen LogP contribution in [0.25, 0.3) is 0 Å². The van der Waals surface area contributed by atoms with Crippen molar-refractivity contribution in [2.24, 2.45) is 16.7 Å². The SMILES string of the molecule is CC12CCC3C[C@]1(C(=O)NC1CCCCC1)OC[C@@]32C. The summed E-state index contributed by atoms with van der Waals surface area (Å²) in [6.07, 6.45) is 9.55. The van der Waals surface area contributed by atoms with Gasteiger partial charge in [-0.2, -0.15) is 0 Å². The highest BCUT2D eigenvalue weighted by Gasteiger charge is 2.78. The lowest BCUT2D eigenvalue weighted by atomic mass is 9.66. The molecule has 4 rings (SSSR count). The van der Waals surface area contributed by atoms with E-state index in [-0.39, 0.29) is 16.7 Å². The standard InChI is InChI=1S/C17H27NO2/c1-15-11-20-17(10-12(15)8-9-16(15,17)2)14(19)18-13-6-4-3-5-7-13/h12-13H,3-11H2,1-2H3,(H,18,19)/t12?,15-,16?,17+/m0/s1. The van der Waals surface area contributed by atoms with Gasteiger partial charge in [-0.05, 0) is 38.0 Å². The van der Waals surface area contributed by atoms with Crippen LogP contribution in [0.3, 0.4) is 0 Å². The molecule has 112 valence electrons. The molecule has 3 nitrogen and oxygen atoms in total. The van der Waals surface area contributed by atoms with E-state index < -0.39 is 5.60 Å². The van der Waals surface area contributed by atoms with E-state index >= 15 is 0 Å². The number of nitrogens with one attached hydrogen (secondary N) is 1. The summed E-state index contributed by atoms with van der Waals surface area (Å²) in [6.45, 7) is 5.45. The third kappa shape index (κ3) is 1.33. The Bertz CT molecular complexity index is 444. The number of carbonyl (C=O) groups is 1. The van der Waals surface area contributed by atoms with Gasteiger partial charge in [0.1, 0.15) is 0 Å². The van der Waals surface area contributed by atoms with Crippen LogP contribution in [-0.2, 0) is 9.53 Å². The minimum absolute atomic E-state index is 0.0589. The van der Waals surface area contributed by atoms with Crippen molar-refractivity contribution in [2.75, 3.05) is 6.61 Å². The monoisotopic (exact) mass is 277 g/mol. The average molecular weight is 277 g/mol. The maximum Gasteiger partial charge on any atom is 0.253 e. The molecule has 0 aromatic rings. The molecule has 1 aliphatic heterocycles. The largest absolute Gasteiger partial charge is 0.364 e. The molecule has 3 saturated carbocycles. The van der Waals surface area contributed by atoms with E-state index in [9.17, 15) is 4.79 Å². The molecule has 0 aromatic heterocycles. The summed E-state index contributed by atoms with van der Waals surface area (Å²) in [5, 5.41) is 3.34. The molecule has 20 heavy (non-hydrogen) atoms. The zero-order chi connectivity index (χ0) is 14.0. The summed E-state index contributed by atoms with van der Waals surface area (Å²) in [7, 11) is 0. The second kappa shape index (κ2) is 4.00. The Morgan fingerprint density at radius 1 is 1.15 bits per heavy atom. The molecular formula is C17H27NO2. The Morgan fingerprint density at radius 2 is 1.90 bits per heavy atom. The molecule has 4 atom stereocenters. The second-order valence-electron chi connectivity index (χ2n) is 8.11. The summed E-state index contributed by atoms with van der Waals surface area (Å²) in [5.74, 6) is 0.899. The normalized spacial score (nSPS) is 50.6. The van der Waals surface area contributed by atoms with Crippen molar-refractivity contribution >= 4 is 5.91 Å². The number of amides is 1. The first-order chi connectivity index (χ1) is 9.52. The second-order valence-corrected chi connectivity index (χ2v) is 8.11. The molecule has 4 bridgehead atoms. The van der Waals surface area contributed by atoms with Crippen LogP contribution in [0.5, 0.6) is 0 Å². The van der Waals surface area contributed by atoms with Gasteiger partial charge in [-0.25, -0.2) is 0 Å². The predicted octanol–water partition coefficient (Wildman–Crippen LogP) is 3.03. The highest BCUT2D eigenvalue weighted by Crippen LogP contribution is 2.75. The van der Waals surface area contributed by atoms with Crippen molar-refractivity contribution in [3.8, 4) is 0 Å². The van der Waals surface area contributed by atoms with Crippen molar-refractivity contribution in [3.63, 3.8) is 0 Å². The van der Waals surface area contributed by atoms with Gasteiger partial charge in [-0.15, -0.1) is 0 Å². The van der Waals surface area contributed by atoms with Gasteiger partial charge < -0.3 is 10.1 Å². The summed E-state index contributed by atoms with van der Waals surface area (Å²) in [6, 6.07) is 0.392. The molecule has 3 aliphatic carbocycles. The molecule has 0 radical (unpaired) electrons. The molecule has 0 aromatic carbocycles. The summed E-state index contributed by atoms with van der Waals surface area (Å²) >= 11 is 0. The van der Waals surface area contributed by atoms with E-state index in [4.69, 9.17) is 4.74 Å². The van der Waals surface area contributed by atoms with Gasteiger partial charge in [-0.1, -0.05) is 33.1 Å². The maximum absolute atomic E-state index is 13.0. The minimum Gasteiger partial charge on any atom is -0.364 e. The number of hydrogen-bond acceptors (Lipinski definition) is 2. The zero-order valence-electron chi connectivity index (χ0n) is 12.8. The molecule has 1 amide bonds. The van der Waals surface area contributed by atoms with Crippen molar-refractivity contribution in [2.45, 2.75) is 76.9 Å². The predicted molar refractivity (Wildman–Crippen MR) is 77.3 cm³/mol. The summed E-state index contributed by atoms with van der Waals surface area (Å²) < 4.78 is 6.17. The number of ether oxygens (including phenoxy) is 1. The highest BCUT2D eigenvalue weighted by atomic mass is 16.5. The van der Waals surface area contributed by atoms with E-state index in [1.54, 1.807) is 0 Å². The lowest BCUT2D eigenvalue weighted by Crippen LogP contribution is -2.57. The van der Waals surface area contributed by atoms with Crippen LogP contribution >= 0.6 is 0 Å². The Kier molecular flexibility index (Phi) is 2.62. The van der Waals surface area contributed by atoms with Gasteiger partial charge >= 0.3 is 0 Å². The Balaban J connectivity index is 1.57. The van der Waals surface area contributed by atoms with E-state index in [1.165, 1.54) is 25.7 Å². The van der Waals surface area contributed by atoms with E-state index in [2.05, 4.69) is 19.2 Å². The first-order valence-corrected chi connectivity index (χ1v) is 8.47. The van der Waals surface area contributed by atoms with Crippen molar-refractivity contribution in [1.82, 2.24) is 5.32 Å². The summed E-state index contributed by atoms with van der Waals surface area (Å²) in [5.41, 5.74) is -0.220. The molecule has 4 aliphatic rings. The molecule has 1 saturated heterocycles. The fourth-order valence-corrected chi connectivity index (χ4v) is 5.81. The first-order valence-electron chi connectivity index (χ1n) is 8.47. The fraction of sp³-hybridized carbons (Fsp3) is 0.941. The van der Waals surface area contributed by atoms with Gasteiger partial charge in [-0.3, -0.25) is 4.79 Å².